The van der Waals surface area contributed by atoms with Gasteiger partial charge in [0.2, 0.25) is 11.8 Å². The molecule has 0 aliphatic carbocycles. The highest BCUT2D eigenvalue weighted by atomic mass is 35.5. The number of hydrogen-bond donors (Lipinski definition) is 4. The van der Waals surface area contributed by atoms with Crippen molar-refractivity contribution in [2.45, 2.75) is 72.0 Å². The first kappa shape index (κ1) is 46.9. The van der Waals surface area contributed by atoms with E-state index in [2.05, 4.69) is 10.6 Å². The minimum Gasteiger partial charge on any atom is -0.481 e. The number of benzene rings is 2. The molecule has 4 rings (SSSR count). The fourth-order valence-corrected chi connectivity index (χ4v) is 8.19. The molecular weight excluding hydrogens is 862 g/mol. The minimum absolute atomic E-state index is 0.0268. The number of anilines is 2. The summed E-state index contributed by atoms with van der Waals surface area (Å²) in [5.41, 5.74) is 0.790. The van der Waals surface area contributed by atoms with E-state index in [-0.39, 0.29) is 52.0 Å². The third-order valence-electron chi connectivity index (χ3n) is 7.97. The van der Waals surface area contributed by atoms with Gasteiger partial charge in [-0.05, 0) is 80.6 Å². The van der Waals surface area contributed by atoms with Crippen LogP contribution in [0, 0.1) is 5.41 Å². The molecule has 0 aliphatic heterocycles. The van der Waals surface area contributed by atoms with E-state index in [1.54, 1.807) is 50.2 Å². The zero-order valence-corrected chi connectivity index (χ0v) is 36.7. The Morgan fingerprint density at radius 3 is 1.45 bits per heavy atom. The van der Waals surface area contributed by atoms with Gasteiger partial charge in [0.15, 0.2) is 11.6 Å². The van der Waals surface area contributed by atoms with E-state index in [0.29, 0.717) is 55.1 Å². The number of nitrogens with one attached hydrogen (secondary N) is 2. The average molecular weight is 903 g/mol. The Hall–Kier alpha value is -3.43. The molecule has 300 valence electrons. The van der Waals surface area contributed by atoms with E-state index in [1.807, 2.05) is 13.8 Å². The third-order valence-corrected chi connectivity index (χ3v) is 13.1. The number of carbonyl (C=O) groups excluding carboxylic acids is 4. The maximum absolute atomic E-state index is 12.9. The molecule has 0 radical (unpaired) electrons. The fraction of sp³-hybridized carbons (Fsp3) is 0.333. The second-order valence-corrected chi connectivity index (χ2v) is 19.1. The fourth-order valence-electron chi connectivity index (χ4n) is 4.89. The highest BCUT2D eigenvalue weighted by Gasteiger charge is 2.30. The zero-order chi connectivity index (χ0) is 42.1. The monoisotopic (exact) mass is 900 g/mol. The SMILES string of the molecule is CCc1cc(C(=O)c2ccc(Cl)c(Cl)c2)c(NC(=O)CC(C)(C)CC(=O)O)s1.CCc1cc(C(=O)c2ccc(Cl)c(Cl)c2)c(NC(=O)CSC(C)(C)C(=O)O)s1. The summed E-state index contributed by atoms with van der Waals surface area (Å²) in [5, 5.41) is 25.8. The lowest BCUT2D eigenvalue weighted by Crippen LogP contribution is -2.29. The van der Waals surface area contributed by atoms with Gasteiger partial charge in [0.1, 0.15) is 14.7 Å². The summed E-state index contributed by atoms with van der Waals surface area (Å²) in [7, 11) is 0. The van der Waals surface area contributed by atoms with Gasteiger partial charge in [-0.15, -0.1) is 34.4 Å². The van der Waals surface area contributed by atoms with Crippen LogP contribution in [0.4, 0.5) is 10.0 Å². The van der Waals surface area contributed by atoms with Gasteiger partial charge in [-0.2, -0.15) is 0 Å². The lowest BCUT2D eigenvalue weighted by Gasteiger charge is -2.21. The van der Waals surface area contributed by atoms with Crippen LogP contribution >= 0.6 is 80.8 Å². The Kier molecular flexibility index (Phi) is 17.0. The van der Waals surface area contributed by atoms with Gasteiger partial charge in [-0.25, -0.2) is 0 Å². The highest BCUT2D eigenvalue weighted by Crippen LogP contribution is 2.35. The summed E-state index contributed by atoms with van der Waals surface area (Å²) in [6.45, 7) is 10.4. The number of ketones is 2. The molecule has 0 bridgehead atoms. The standard InChI is InChI=1S/C20H21Cl2NO4S.C19H19Cl2NO4S2/c1-4-12-8-13(18(27)11-5-6-14(21)15(22)7-11)19(28-12)23-16(24)9-20(2,3)10-17(25)26;1-4-11-8-12(16(24)10-5-6-13(20)14(21)7-10)17(28-11)22-15(23)9-27-19(2,3)18(25)26/h5-8H,4,9-10H2,1-3H3,(H,23,24)(H,25,26);5-8H,4,9H2,1-3H3,(H,22,23)(H,25,26). The largest absolute Gasteiger partial charge is 0.481 e. The topological polar surface area (TPSA) is 167 Å². The molecule has 4 N–H and O–H groups in total. The van der Waals surface area contributed by atoms with Crippen molar-refractivity contribution in [1.29, 1.82) is 0 Å². The number of aliphatic carboxylic acids is 2. The number of carboxylic acid groups (broad SMARTS) is 2. The summed E-state index contributed by atoms with van der Waals surface area (Å²) < 4.78 is -1.08. The highest BCUT2D eigenvalue weighted by molar-refractivity contribution is 8.02. The Bertz CT molecular complexity index is 2150. The molecule has 0 saturated heterocycles. The van der Waals surface area contributed by atoms with Crippen molar-refractivity contribution < 1.29 is 39.0 Å². The molecule has 10 nitrogen and oxygen atoms in total. The number of hydrogen-bond acceptors (Lipinski definition) is 9. The molecule has 0 aliphatic rings. The lowest BCUT2D eigenvalue weighted by molar-refractivity contribution is -0.140. The number of carbonyl (C=O) groups is 6. The van der Waals surface area contributed by atoms with Crippen molar-refractivity contribution in [3.63, 3.8) is 0 Å². The van der Waals surface area contributed by atoms with Gasteiger partial charge in [0.05, 0.1) is 43.4 Å². The van der Waals surface area contributed by atoms with Gasteiger partial charge < -0.3 is 20.8 Å². The van der Waals surface area contributed by atoms with E-state index >= 15 is 0 Å². The molecule has 0 atom stereocenters. The minimum atomic E-state index is -1.08. The summed E-state index contributed by atoms with van der Waals surface area (Å²) >= 11 is 27.5. The summed E-state index contributed by atoms with van der Waals surface area (Å²) in [4.78, 5) is 74.7. The summed E-state index contributed by atoms with van der Waals surface area (Å²) in [5.74, 6) is -3.24. The van der Waals surface area contributed by atoms with Crippen LogP contribution in [0.3, 0.4) is 0 Å². The summed E-state index contributed by atoms with van der Waals surface area (Å²) in [6.07, 6.45) is 1.33. The van der Waals surface area contributed by atoms with Crippen LogP contribution in [0.2, 0.25) is 20.1 Å². The number of halogens is 4. The maximum Gasteiger partial charge on any atom is 0.319 e. The van der Waals surface area contributed by atoms with Crippen molar-refractivity contribution in [2.24, 2.45) is 5.41 Å². The predicted octanol–water partition coefficient (Wildman–Crippen LogP) is 11.1. The molecule has 4 aromatic rings. The van der Waals surface area contributed by atoms with E-state index in [9.17, 15) is 28.8 Å². The predicted molar refractivity (Wildman–Crippen MR) is 229 cm³/mol. The first-order valence-electron chi connectivity index (χ1n) is 17.0. The van der Waals surface area contributed by atoms with Crippen LogP contribution in [0.15, 0.2) is 48.5 Å². The molecule has 2 aromatic heterocycles. The van der Waals surface area contributed by atoms with E-state index in [4.69, 9.17) is 56.6 Å². The van der Waals surface area contributed by atoms with E-state index in [0.717, 1.165) is 21.5 Å². The molecular formula is C39H40Cl4N2O8S3. The normalized spacial score (nSPS) is 11.3. The van der Waals surface area contributed by atoms with Crippen LogP contribution in [0.5, 0.6) is 0 Å². The molecule has 0 spiro atoms. The number of thiophene rings is 2. The molecule has 2 heterocycles. The van der Waals surface area contributed by atoms with Crippen molar-refractivity contribution in [3.8, 4) is 0 Å². The molecule has 0 unspecified atom stereocenters. The van der Waals surface area contributed by atoms with Crippen molar-refractivity contribution in [1.82, 2.24) is 0 Å². The Morgan fingerprint density at radius 2 is 1.07 bits per heavy atom. The Morgan fingerprint density at radius 1 is 0.643 bits per heavy atom. The van der Waals surface area contributed by atoms with Gasteiger partial charge in [-0.1, -0.05) is 74.1 Å². The number of carboxylic acids is 2. The van der Waals surface area contributed by atoms with Gasteiger partial charge in [-0.3, -0.25) is 28.8 Å². The maximum atomic E-state index is 12.9. The zero-order valence-electron chi connectivity index (χ0n) is 31.2. The van der Waals surface area contributed by atoms with Crippen LogP contribution in [0.1, 0.15) is 96.0 Å². The van der Waals surface area contributed by atoms with Crippen LogP contribution in [-0.4, -0.2) is 56.0 Å². The smallest absolute Gasteiger partial charge is 0.319 e. The van der Waals surface area contributed by atoms with Crippen molar-refractivity contribution in [2.75, 3.05) is 16.4 Å². The molecule has 56 heavy (non-hydrogen) atoms. The second-order valence-electron chi connectivity index (χ2n) is 13.6. The average Bonchev–Trinajstić information content (AvgIpc) is 3.72. The molecule has 17 heteroatoms. The van der Waals surface area contributed by atoms with Crippen LogP contribution in [-0.2, 0) is 32.0 Å². The quantitative estimate of drug-likeness (QED) is 0.0800. The third kappa shape index (κ3) is 13.3. The molecule has 0 saturated carbocycles. The molecule has 2 aromatic carbocycles. The van der Waals surface area contributed by atoms with Crippen LogP contribution in [0.25, 0.3) is 0 Å². The first-order valence-corrected chi connectivity index (χ1v) is 21.1. The van der Waals surface area contributed by atoms with Gasteiger partial charge >= 0.3 is 11.9 Å². The van der Waals surface area contributed by atoms with Crippen molar-refractivity contribution in [3.05, 3.63) is 101 Å². The molecule has 2 amide bonds. The second kappa shape index (κ2) is 20.3. The Balaban J connectivity index is 0.000000300. The van der Waals surface area contributed by atoms with Crippen LogP contribution < -0.4 is 10.6 Å². The van der Waals surface area contributed by atoms with E-state index in [1.165, 1.54) is 48.7 Å². The van der Waals surface area contributed by atoms with Crippen molar-refractivity contribution >= 4 is 126 Å². The number of rotatable bonds is 16. The number of amides is 2. The van der Waals surface area contributed by atoms with Gasteiger partial charge in [0.25, 0.3) is 0 Å². The number of thioether (sulfide) groups is 1. The first-order chi connectivity index (χ1) is 26.1. The molecule has 0 fully saturated rings. The lowest BCUT2D eigenvalue weighted by atomic mass is 9.85. The Labute approximate surface area is 357 Å². The van der Waals surface area contributed by atoms with Gasteiger partial charge in [0, 0.05) is 27.3 Å². The number of aryl methyl sites for hydroxylation is 2. The van der Waals surface area contributed by atoms with E-state index < -0.39 is 22.1 Å². The summed E-state index contributed by atoms with van der Waals surface area (Å²) in [6, 6.07) is 12.8.